The minimum Gasteiger partial charge on any atom is -0.428 e. The molecule has 1 aliphatic heterocycles. The Morgan fingerprint density at radius 2 is 1.79 bits per heavy atom. The lowest BCUT2D eigenvalue weighted by Gasteiger charge is -2.32. The third-order valence-electron chi connectivity index (χ3n) is 5.64. The Bertz CT molecular complexity index is 808. The van der Waals surface area contributed by atoms with Crippen LogP contribution in [0.15, 0.2) is 48.5 Å². The SMILES string of the molecule is CNCc1cccc(C2CCN(C(=O)Cc3cccc([Si](C)(C)O)c3)CC2)c1. The molecule has 4 nitrogen and oxygen atoms in total. The molecule has 0 aliphatic carbocycles. The summed E-state index contributed by atoms with van der Waals surface area (Å²) in [4.78, 5) is 25.1. The van der Waals surface area contributed by atoms with Crippen molar-refractivity contribution < 1.29 is 9.59 Å². The predicted molar refractivity (Wildman–Crippen MR) is 117 cm³/mol. The number of rotatable bonds is 6. The van der Waals surface area contributed by atoms with E-state index in [1.807, 2.05) is 49.3 Å². The Hall–Kier alpha value is -1.95. The van der Waals surface area contributed by atoms with Gasteiger partial charge in [0.25, 0.3) is 0 Å². The van der Waals surface area contributed by atoms with Crippen LogP contribution in [0.25, 0.3) is 0 Å². The molecule has 0 aromatic heterocycles. The minimum atomic E-state index is -2.34. The lowest BCUT2D eigenvalue weighted by molar-refractivity contribution is -0.131. The number of hydrogen-bond acceptors (Lipinski definition) is 3. The van der Waals surface area contributed by atoms with Gasteiger partial charge < -0.3 is 15.0 Å². The minimum absolute atomic E-state index is 0.192. The molecule has 0 radical (unpaired) electrons. The van der Waals surface area contributed by atoms with E-state index in [9.17, 15) is 9.59 Å². The lowest BCUT2D eigenvalue weighted by Crippen LogP contribution is -2.42. The van der Waals surface area contributed by atoms with Crippen LogP contribution in [-0.2, 0) is 17.8 Å². The molecule has 2 N–H and O–H groups in total. The van der Waals surface area contributed by atoms with E-state index >= 15 is 0 Å². The van der Waals surface area contributed by atoms with Gasteiger partial charge in [0.05, 0.1) is 6.42 Å². The second kappa shape index (κ2) is 9.03. The quantitative estimate of drug-likeness (QED) is 0.738. The normalized spacial score (nSPS) is 15.6. The van der Waals surface area contributed by atoms with Crippen molar-refractivity contribution in [2.75, 3.05) is 20.1 Å². The van der Waals surface area contributed by atoms with Gasteiger partial charge in [-0.25, -0.2) is 0 Å². The third-order valence-corrected chi connectivity index (χ3v) is 7.36. The van der Waals surface area contributed by atoms with E-state index in [0.29, 0.717) is 12.3 Å². The molecule has 0 unspecified atom stereocenters. The summed E-state index contributed by atoms with van der Waals surface area (Å²) in [5.74, 6) is 0.724. The molecule has 150 valence electrons. The van der Waals surface area contributed by atoms with Crippen LogP contribution in [0.3, 0.4) is 0 Å². The molecular weight excluding hydrogens is 364 g/mol. The molecule has 1 aliphatic rings. The zero-order valence-corrected chi connectivity index (χ0v) is 18.2. The van der Waals surface area contributed by atoms with Gasteiger partial charge in [0.15, 0.2) is 0 Å². The van der Waals surface area contributed by atoms with E-state index in [1.165, 1.54) is 11.1 Å². The average Bonchev–Trinajstić information content (AvgIpc) is 2.68. The van der Waals surface area contributed by atoms with Crippen molar-refractivity contribution in [1.82, 2.24) is 10.2 Å². The number of carbonyl (C=O) groups excluding carboxylic acids is 1. The van der Waals surface area contributed by atoms with Crippen molar-refractivity contribution in [1.29, 1.82) is 0 Å². The fourth-order valence-electron chi connectivity index (χ4n) is 3.97. The molecule has 1 saturated heterocycles. The van der Waals surface area contributed by atoms with Crippen molar-refractivity contribution in [3.8, 4) is 0 Å². The number of likely N-dealkylation sites (tertiary alicyclic amines) is 1. The van der Waals surface area contributed by atoms with Gasteiger partial charge in [-0.3, -0.25) is 4.79 Å². The summed E-state index contributed by atoms with van der Waals surface area (Å²) in [6.45, 7) is 6.34. The van der Waals surface area contributed by atoms with Crippen LogP contribution < -0.4 is 10.5 Å². The fraction of sp³-hybridized carbons (Fsp3) is 0.435. The van der Waals surface area contributed by atoms with E-state index in [-0.39, 0.29) is 5.91 Å². The van der Waals surface area contributed by atoms with Crippen LogP contribution in [0.2, 0.25) is 13.1 Å². The van der Waals surface area contributed by atoms with Crippen molar-refractivity contribution >= 4 is 19.4 Å². The zero-order chi connectivity index (χ0) is 20.1. The Labute approximate surface area is 169 Å². The van der Waals surface area contributed by atoms with Gasteiger partial charge in [-0.05, 0) is 60.8 Å². The van der Waals surface area contributed by atoms with Crippen LogP contribution in [0.4, 0.5) is 0 Å². The van der Waals surface area contributed by atoms with Crippen LogP contribution in [0.5, 0.6) is 0 Å². The molecule has 3 rings (SSSR count). The van der Waals surface area contributed by atoms with Crippen LogP contribution >= 0.6 is 0 Å². The summed E-state index contributed by atoms with van der Waals surface area (Å²) >= 11 is 0. The molecule has 28 heavy (non-hydrogen) atoms. The predicted octanol–water partition coefficient (Wildman–Crippen LogP) is 2.76. The molecular formula is C23H32N2O2Si. The first-order valence-corrected chi connectivity index (χ1v) is 13.1. The summed E-state index contributed by atoms with van der Waals surface area (Å²) in [7, 11) is -0.374. The molecule has 2 aromatic carbocycles. The maximum absolute atomic E-state index is 12.8. The second-order valence-corrected chi connectivity index (χ2v) is 12.1. The summed E-state index contributed by atoms with van der Waals surface area (Å²) in [5.41, 5.74) is 3.70. The van der Waals surface area contributed by atoms with E-state index in [0.717, 1.165) is 43.2 Å². The zero-order valence-electron chi connectivity index (χ0n) is 17.2. The van der Waals surface area contributed by atoms with E-state index in [4.69, 9.17) is 0 Å². The van der Waals surface area contributed by atoms with Crippen molar-refractivity contribution in [2.45, 2.75) is 44.8 Å². The van der Waals surface area contributed by atoms with Gasteiger partial charge in [0, 0.05) is 19.6 Å². The highest BCUT2D eigenvalue weighted by atomic mass is 28.4. The molecule has 0 saturated carbocycles. The largest absolute Gasteiger partial charge is 0.428 e. The Kier molecular flexibility index (Phi) is 6.70. The molecule has 1 heterocycles. The van der Waals surface area contributed by atoms with Gasteiger partial charge in [-0.2, -0.15) is 0 Å². The van der Waals surface area contributed by atoms with Crippen LogP contribution in [0.1, 0.15) is 35.4 Å². The number of nitrogens with one attached hydrogen (secondary N) is 1. The maximum atomic E-state index is 12.8. The molecule has 2 aromatic rings. The van der Waals surface area contributed by atoms with E-state index < -0.39 is 8.32 Å². The fourth-order valence-corrected chi connectivity index (χ4v) is 5.01. The number of nitrogens with zero attached hydrogens (tertiary/aromatic N) is 1. The topological polar surface area (TPSA) is 52.6 Å². The summed E-state index contributed by atoms with van der Waals surface area (Å²) in [5, 5.41) is 4.19. The van der Waals surface area contributed by atoms with Gasteiger partial charge >= 0.3 is 0 Å². The highest BCUT2D eigenvalue weighted by molar-refractivity contribution is 6.83. The van der Waals surface area contributed by atoms with Crippen LogP contribution in [-0.4, -0.2) is 44.1 Å². The first-order valence-electron chi connectivity index (χ1n) is 10.2. The van der Waals surface area contributed by atoms with Gasteiger partial charge in [0.1, 0.15) is 0 Å². The maximum Gasteiger partial charge on any atom is 0.226 e. The first-order chi connectivity index (χ1) is 13.4. The molecule has 0 bridgehead atoms. The van der Waals surface area contributed by atoms with E-state index in [1.54, 1.807) is 0 Å². The average molecular weight is 397 g/mol. The van der Waals surface area contributed by atoms with Crippen LogP contribution in [0, 0.1) is 0 Å². The Morgan fingerprint density at radius 3 is 2.46 bits per heavy atom. The second-order valence-electron chi connectivity index (χ2n) is 8.37. The lowest BCUT2D eigenvalue weighted by atomic mass is 9.88. The Balaban J connectivity index is 1.58. The van der Waals surface area contributed by atoms with Gasteiger partial charge in [-0.1, -0.05) is 48.5 Å². The molecule has 5 heteroatoms. The van der Waals surface area contributed by atoms with Crippen molar-refractivity contribution in [3.05, 3.63) is 65.2 Å². The summed E-state index contributed by atoms with van der Waals surface area (Å²) < 4.78 is 0. The smallest absolute Gasteiger partial charge is 0.226 e. The molecule has 1 fully saturated rings. The van der Waals surface area contributed by atoms with Gasteiger partial charge in [-0.15, -0.1) is 0 Å². The highest BCUT2D eigenvalue weighted by Crippen LogP contribution is 2.28. The number of amides is 1. The van der Waals surface area contributed by atoms with Gasteiger partial charge in [0.2, 0.25) is 14.2 Å². The van der Waals surface area contributed by atoms with E-state index in [2.05, 4.69) is 29.6 Å². The molecule has 0 atom stereocenters. The van der Waals surface area contributed by atoms with Crippen molar-refractivity contribution in [3.63, 3.8) is 0 Å². The third kappa shape index (κ3) is 5.31. The number of carbonyl (C=O) groups is 1. The molecule has 1 amide bonds. The highest BCUT2D eigenvalue weighted by Gasteiger charge is 2.25. The number of hydrogen-bond donors (Lipinski definition) is 2. The Morgan fingerprint density at radius 1 is 1.11 bits per heavy atom. The molecule has 0 spiro atoms. The first kappa shape index (κ1) is 20.8. The summed E-state index contributed by atoms with van der Waals surface area (Å²) in [6, 6.07) is 16.7. The monoisotopic (exact) mass is 396 g/mol. The number of benzene rings is 2. The standard InChI is InChI=1S/C23H32N2O2Si/c1-24-17-19-7-4-8-21(14-19)20-10-12-25(13-11-20)23(26)16-18-6-5-9-22(15-18)28(2,3)27/h4-9,14-15,20,24,27H,10-13,16-17H2,1-3H3. The summed E-state index contributed by atoms with van der Waals surface area (Å²) in [6.07, 6.45) is 2.46. The van der Waals surface area contributed by atoms with Crippen molar-refractivity contribution in [2.24, 2.45) is 0 Å². The number of piperidine rings is 1.